The van der Waals surface area contributed by atoms with Crippen molar-refractivity contribution >= 4 is 0 Å². The number of nitrogens with one attached hydrogen (secondary N) is 1. The lowest BCUT2D eigenvalue weighted by atomic mass is 10.00. The molecular weight excluding hydrogens is 136 g/mol. The van der Waals surface area contributed by atoms with Crippen molar-refractivity contribution in [2.75, 3.05) is 19.6 Å². The zero-order valence-corrected chi connectivity index (χ0v) is 7.56. The van der Waals surface area contributed by atoms with Crippen molar-refractivity contribution in [1.82, 2.24) is 10.2 Å². The lowest BCUT2D eigenvalue weighted by molar-refractivity contribution is 0.131. The third kappa shape index (κ3) is 1.42. The fraction of sp³-hybridized carbons (Fsp3) is 1.00. The molecule has 2 aliphatic rings. The molecule has 0 aromatic carbocycles. The van der Waals surface area contributed by atoms with E-state index in [0.717, 1.165) is 6.04 Å². The molecule has 2 saturated heterocycles. The Bertz CT molecular complexity index is 154. The zero-order chi connectivity index (χ0) is 7.90. The molecule has 0 amide bonds. The van der Waals surface area contributed by atoms with Crippen molar-refractivity contribution in [3.05, 3.63) is 0 Å². The maximum absolute atomic E-state index is 3.59. The number of hydrogen-bond acceptors (Lipinski definition) is 2. The average Bonchev–Trinajstić information content (AvgIpc) is 2.31. The molecule has 2 heteroatoms. The minimum Gasteiger partial charge on any atom is -0.309 e. The lowest BCUT2D eigenvalue weighted by Crippen LogP contribution is -2.59. The molecule has 1 N–H and O–H groups in total. The Balaban J connectivity index is 2.02. The van der Waals surface area contributed by atoms with Crippen LogP contribution in [-0.2, 0) is 0 Å². The van der Waals surface area contributed by atoms with Crippen LogP contribution in [0.1, 0.15) is 26.7 Å². The fourth-order valence-corrected chi connectivity index (χ4v) is 2.29. The van der Waals surface area contributed by atoms with Crippen LogP contribution in [0.25, 0.3) is 0 Å². The van der Waals surface area contributed by atoms with Crippen molar-refractivity contribution in [3.63, 3.8) is 0 Å². The number of rotatable bonds is 0. The third-order valence-electron chi connectivity index (χ3n) is 2.91. The molecule has 2 nitrogen and oxygen atoms in total. The first-order valence-corrected chi connectivity index (χ1v) is 4.66. The summed E-state index contributed by atoms with van der Waals surface area (Å²) in [5, 5.41) is 3.59. The molecule has 0 aromatic heterocycles. The number of fused-ring (bicyclic) bond motifs is 1. The number of nitrogens with zero attached hydrogens (tertiary/aromatic N) is 1. The quantitative estimate of drug-likeness (QED) is 0.556. The summed E-state index contributed by atoms with van der Waals surface area (Å²) in [6.45, 7) is 8.35. The summed E-state index contributed by atoms with van der Waals surface area (Å²) < 4.78 is 0. The van der Waals surface area contributed by atoms with Gasteiger partial charge >= 0.3 is 0 Å². The zero-order valence-electron chi connectivity index (χ0n) is 7.56. The highest BCUT2D eigenvalue weighted by Crippen LogP contribution is 2.23. The smallest absolute Gasteiger partial charge is 0.0252 e. The van der Waals surface area contributed by atoms with Crippen LogP contribution in [0.4, 0.5) is 0 Å². The van der Waals surface area contributed by atoms with E-state index in [4.69, 9.17) is 0 Å². The van der Waals surface area contributed by atoms with E-state index >= 15 is 0 Å². The van der Waals surface area contributed by atoms with Crippen LogP contribution in [-0.4, -0.2) is 36.1 Å². The maximum Gasteiger partial charge on any atom is 0.0252 e. The van der Waals surface area contributed by atoms with Crippen molar-refractivity contribution in [2.45, 2.75) is 38.3 Å². The molecular formula is C9H18N2. The standard InChI is InChI=1S/C9H18N2/c1-9(2)7-11-5-3-4-8(11)6-10-9/h8,10H,3-7H2,1-2H3/t8-/m1/s1. The average molecular weight is 154 g/mol. The second-order valence-corrected chi connectivity index (χ2v) is 4.53. The first-order valence-electron chi connectivity index (χ1n) is 4.66. The van der Waals surface area contributed by atoms with Gasteiger partial charge in [0.15, 0.2) is 0 Å². The van der Waals surface area contributed by atoms with Gasteiger partial charge in [0.2, 0.25) is 0 Å². The highest BCUT2D eigenvalue weighted by Gasteiger charge is 2.34. The molecule has 0 spiro atoms. The van der Waals surface area contributed by atoms with Gasteiger partial charge in [0.25, 0.3) is 0 Å². The summed E-state index contributed by atoms with van der Waals surface area (Å²) in [5.74, 6) is 0. The molecule has 2 aliphatic heterocycles. The Kier molecular flexibility index (Phi) is 1.69. The van der Waals surface area contributed by atoms with Crippen LogP contribution in [0.2, 0.25) is 0 Å². The monoisotopic (exact) mass is 154 g/mol. The summed E-state index contributed by atoms with van der Waals surface area (Å²) >= 11 is 0. The summed E-state index contributed by atoms with van der Waals surface area (Å²) in [6, 6.07) is 0.850. The molecule has 0 aromatic rings. The van der Waals surface area contributed by atoms with Crippen LogP contribution in [0.3, 0.4) is 0 Å². The van der Waals surface area contributed by atoms with E-state index in [1.807, 2.05) is 0 Å². The molecule has 0 unspecified atom stereocenters. The van der Waals surface area contributed by atoms with Gasteiger partial charge in [0.1, 0.15) is 0 Å². The van der Waals surface area contributed by atoms with Gasteiger partial charge in [-0.1, -0.05) is 0 Å². The van der Waals surface area contributed by atoms with Crippen molar-refractivity contribution < 1.29 is 0 Å². The molecule has 0 aliphatic carbocycles. The van der Waals surface area contributed by atoms with Gasteiger partial charge in [0.05, 0.1) is 0 Å². The fourth-order valence-electron chi connectivity index (χ4n) is 2.29. The van der Waals surface area contributed by atoms with Gasteiger partial charge in [-0.25, -0.2) is 0 Å². The van der Waals surface area contributed by atoms with E-state index in [-0.39, 0.29) is 0 Å². The SMILES string of the molecule is CC1(C)CN2CCC[C@@H]2CN1. The topological polar surface area (TPSA) is 15.3 Å². The van der Waals surface area contributed by atoms with Crippen LogP contribution in [0.15, 0.2) is 0 Å². The van der Waals surface area contributed by atoms with Crippen LogP contribution in [0.5, 0.6) is 0 Å². The first kappa shape index (κ1) is 7.56. The highest BCUT2D eigenvalue weighted by atomic mass is 15.3. The molecule has 0 bridgehead atoms. The van der Waals surface area contributed by atoms with Gasteiger partial charge < -0.3 is 5.32 Å². The summed E-state index contributed by atoms with van der Waals surface area (Å²) in [7, 11) is 0. The van der Waals surface area contributed by atoms with Crippen LogP contribution in [0, 0.1) is 0 Å². The molecule has 2 rings (SSSR count). The van der Waals surface area contributed by atoms with E-state index in [1.54, 1.807) is 0 Å². The summed E-state index contributed by atoms with van der Waals surface area (Å²) in [4.78, 5) is 2.64. The molecule has 11 heavy (non-hydrogen) atoms. The normalized spacial score (nSPS) is 37.1. The van der Waals surface area contributed by atoms with Crippen LogP contribution >= 0.6 is 0 Å². The second kappa shape index (κ2) is 2.46. The Morgan fingerprint density at radius 3 is 3.09 bits per heavy atom. The minimum atomic E-state index is 0.348. The molecule has 1 atom stereocenters. The van der Waals surface area contributed by atoms with E-state index in [1.165, 1.54) is 32.5 Å². The van der Waals surface area contributed by atoms with Gasteiger partial charge in [0, 0.05) is 24.7 Å². The van der Waals surface area contributed by atoms with E-state index in [9.17, 15) is 0 Å². The van der Waals surface area contributed by atoms with Crippen molar-refractivity contribution in [1.29, 1.82) is 0 Å². The van der Waals surface area contributed by atoms with Gasteiger partial charge in [-0.05, 0) is 33.2 Å². The maximum atomic E-state index is 3.59. The highest BCUT2D eigenvalue weighted by molar-refractivity contribution is 4.94. The lowest BCUT2D eigenvalue weighted by Gasteiger charge is -2.41. The Morgan fingerprint density at radius 2 is 2.27 bits per heavy atom. The second-order valence-electron chi connectivity index (χ2n) is 4.53. The van der Waals surface area contributed by atoms with Gasteiger partial charge in [-0.3, -0.25) is 4.90 Å². The molecule has 0 radical (unpaired) electrons. The molecule has 64 valence electrons. The third-order valence-corrected chi connectivity index (χ3v) is 2.91. The number of hydrogen-bond donors (Lipinski definition) is 1. The van der Waals surface area contributed by atoms with Crippen molar-refractivity contribution in [2.24, 2.45) is 0 Å². The first-order chi connectivity index (χ1) is 5.17. The van der Waals surface area contributed by atoms with E-state index in [2.05, 4.69) is 24.1 Å². The minimum absolute atomic E-state index is 0.348. The molecule has 2 fully saturated rings. The Morgan fingerprint density at radius 1 is 1.45 bits per heavy atom. The van der Waals surface area contributed by atoms with E-state index in [0.29, 0.717) is 5.54 Å². The van der Waals surface area contributed by atoms with Crippen LogP contribution < -0.4 is 5.32 Å². The summed E-state index contributed by atoms with van der Waals surface area (Å²) in [6.07, 6.45) is 2.81. The molecule has 2 heterocycles. The van der Waals surface area contributed by atoms with Crippen molar-refractivity contribution in [3.8, 4) is 0 Å². The predicted molar refractivity (Wildman–Crippen MR) is 46.7 cm³/mol. The predicted octanol–water partition coefficient (Wildman–Crippen LogP) is 0.833. The largest absolute Gasteiger partial charge is 0.309 e. The molecule has 0 saturated carbocycles. The van der Waals surface area contributed by atoms with Gasteiger partial charge in [-0.15, -0.1) is 0 Å². The summed E-state index contributed by atoms with van der Waals surface area (Å²) in [5.41, 5.74) is 0.348. The Hall–Kier alpha value is -0.0800. The van der Waals surface area contributed by atoms with Gasteiger partial charge in [-0.2, -0.15) is 0 Å². The number of piperazine rings is 1. The van der Waals surface area contributed by atoms with E-state index < -0.39 is 0 Å². The Labute approximate surface area is 69.0 Å².